The Morgan fingerprint density at radius 2 is 0.700 bits per heavy atom. The average molecular weight is 162 g/mol. The van der Waals surface area contributed by atoms with Crippen LogP contribution < -0.4 is 0 Å². The lowest BCUT2D eigenvalue weighted by Gasteiger charge is -2.05. The average Bonchev–Trinajstić information content (AvgIpc) is 1.12. The van der Waals surface area contributed by atoms with E-state index in [1.165, 1.54) is 0 Å². The van der Waals surface area contributed by atoms with Crippen molar-refractivity contribution >= 4 is 9.24 Å². The largest absolute Gasteiger partial charge is 0.132 e. The van der Waals surface area contributed by atoms with Crippen LogP contribution in [0.4, 0.5) is 0 Å². The molecule has 0 fully saturated rings. The number of hydrogen-bond donors (Lipinski definition) is 0. The molecule has 0 rings (SSSR count). The van der Waals surface area contributed by atoms with E-state index < -0.39 is 0 Å². The second-order valence-electron chi connectivity index (χ2n) is 5.37. The van der Waals surface area contributed by atoms with Crippen LogP contribution in [0.25, 0.3) is 0 Å². The lowest BCUT2D eigenvalue weighted by molar-refractivity contribution is 0.469. The van der Waals surface area contributed by atoms with Crippen molar-refractivity contribution in [3.63, 3.8) is 0 Å². The molecule has 0 amide bonds. The molecule has 0 aromatic carbocycles. The van der Waals surface area contributed by atoms with Crippen molar-refractivity contribution in [1.29, 1.82) is 0 Å². The van der Waals surface area contributed by atoms with E-state index in [1.807, 2.05) is 0 Å². The number of rotatable bonds is 0. The standard InChI is InChI=1S/C5H12.C4H11P/c1-5(2,3)4;1-4(2,3)5/h1-4H3;5H2,1-3H3. The van der Waals surface area contributed by atoms with Gasteiger partial charge in [-0.05, 0) is 10.6 Å². The van der Waals surface area contributed by atoms with Crippen LogP contribution in [0.5, 0.6) is 0 Å². The van der Waals surface area contributed by atoms with Gasteiger partial charge in [0.05, 0.1) is 0 Å². The van der Waals surface area contributed by atoms with Crippen molar-refractivity contribution < 1.29 is 0 Å². The summed E-state index contributed by atoms with van der Waals surface area (Å²) in [6.07, 6.45) is 0. The minimum Gasteiger partial charge on any atom is -0.132 e. The third kappa shape index (κ3) is 2520. The Labute approximate surface area is 69.0 Å². The van der Waals surface area contributed by atoms with Gasteiger partial charge < -0.3 is 0 Å². The fourth-order valence-electron chi connectivity index (χ4n) is 0. The molecule has 0 saturated carbocycles. The first-order chi connectivity index (χ1) is 4.00. The summed E-state index contributed by atoms with van der Waals surface area (Å²) in [5.41, 5.74) is 0.500. The molecule has 0 spiro atoms. The van der Waals surface area contributed by atoms with Crippen LogP contribution in [0.3, 0.4) is 0 Å². The van der Waals surface area contributed by atoms with Gasteiger partial charge in [-0.2, -0.15) is 0 Å². The van der Waals surface area contributed by atoms with Crippen molar-refractivity contribution in [3.8, 4) is 0 Å². The topological polar surface area (TPSA) is 0 Å². The van der Waals surface area contributed by atoms with E-state index in [9.17, 15) is 0 Å². The Morgan fingerprint density at radius 1 is 0.700 bits per heavy atom. The summed E-state index contributed by atoms with van der Waals surface area (Å²) in [7, 11) is 2.72. The second kappa shape index (κ2) is 4.34. The summed E-state index contributed by atoms with van der Waals surface area (Å²) in [6, 6.07) is 0. The predicted octanol–water partition coefficient (Wildman–Crippen LogP) is 3.71. The fraction of sp³-hybridized carbons (Fsp3) is 1.00. The lowest BCUT2D eigenvalue weighted by atomic mass is 10.0. The van der Waals surface area contributed by atoms with Gasteiger partial charge in [0.2, 0.25) is 0 Å². The van der Waals surface area contributed by atoms with Crippen molar-refractivity contribution in [2.24, 2.45) is 5.41 Å². The molecule has 0 aliphatic rings. The van der Waals surface area contributed by atoms with Crippen LogP contribution in [0, 0.1) is 5.41 Å². The van der Waals surface area contributed by atoms with E-state index in [0.717, 1.165) is 0 Å². The van der Waals surface area contributed by atoms with E-state index in [-0.39, 0.29) is 0 Å². The Morgan fingerprint density at radius 3 is 0.700 bits per heavy atom. The number of hydrogen-bond acceptors (Lipinski definition) is 0. The Bertz CT molecular complexity index is 47.7. The van der Waals surface area contributed by atoms with Crippen LogP contribution in [-0.2, 0) is 0 Å². The summed E-state index contributed by atoms with van der Waals surface area (Å²) in [4.78, 5) is 0. The molecule has 0 radical (unpaired) electrons. The van der Waals surface area contributed by atoms with Crippen LogP contribution in [0.1, 0.15) is 48.5 Å². The molecule has 1 atom stereocenters. The molecule has 64 valence electrons. The zero-order chi connectivity index (χ0) is 9.00. The van der Waals surface area contributed by atoms with Gasteiger partial charge in [-0.15, -0.1) is 9.24 Å². The lowest BCUT2D eigenvalue weighted by Crippen LogP contribution is -1.97. The van der Waals surface area contributed by atoms with Crippen LogP contribution in [-0.4, -0.2) is 5.16 Å². The molecular formula is C9H23P. The summed E-state index contributed by atoms with van der Waals surface area (Å²) < 4.78 is 0. The summed E-state index contributed by atoms with van der Waals surface area (Å²) in [6.45, 7) is 15.2. The first kappa shape index (κ1) is 13.1. The zero-order valence-corrected chi connectivity index (χ0v) is 9.73. The zero-order valence-electron chi connectivity index (χ0n) is 8.58. The predicted molar refractivity (Wildman–Crippen MR) is 54.6 cm³/mol. The van der Waals surface area contributed by atoms with Gasteiger partial charge in [0.25, 0.3) is 0 Å². The molecule has 0 aromatic rings. The second-order valence-corrected chi connectivity index (χ2v) is 7.10. The first-order valence-corrected chi connectivity index (χ1v) is 4.37. The first-order valence-electron chi connectivity index (χ1n) is 3.79. The smallest absolute Gasteiger partial charge is 0.0235 e. The third-order valence-corrected chi connectivity index (χ3v) is 0. The molecule has 0 aliphatic heterocycles. The maximum absolute atomic E-state index is 2.72. The highest BCUT2D eigenvalue weighted by molar-refractivity contribution is 7.18. The molecule has 0 aliphatic carbocycles. The summed E-state index contributed by atoms with van der Waals surface area (Å²) in [5.74, 6) is 0. The van der Waals surface area contributed by atoms with E-state index in [4.69, 9.17) is 0 Å². The van der Waals surface area contributed by atoms with Gasteiger partial charge in [-0.3, -0.25) is 0 Å². The van der Waals surface area contributed by atoms with Crippen LogP contribution in [0.2, 0.25) is 0 Å². The molecular weight excluding hydrogens is 139 g/mol. The molecule has 0 N–H and O–H groups in total. The monoisotopic (exact) mass is 162 g/mol. The van der Waals surface area contributed by atoms with E-state index in [0.29, 0.717) is 10.6 Å². The summed E-state index contributed by atoms with van der Waals surface area (Å²) in [5, 5.41) is 0.417. The Kier molecular flexibility index (Phi) is 5.66. The quantitative estimate of drug-likeness (QED) is 0.476. The highest BCUT2D eigenvalue weighted by Gasteiger charge is 1.96. The van der Waals surface area contributed by atoms with E-state index >= 15 is 0 Å². The molecule has 0 saturated heterocycles. The molecule has 0 aromatic heterocycles. The van der Waals surface area contributed by atoms with Gasteiger partial charge in [0.15, 0.2) is 0 Å². The third-order valence-electron chi connectivity index (χ3n) is 0. The van der Waals surface area contributed by atoms with Crippen molar-refractivity contribution in [3.05, 3.63) is 0 Å². The summed E-state index contributed by atoms with van der Waals surface area (Å²) >= 11 is 0. The fourth-order valence-corrected chi connectivity index (χ4v) is 0. The highest BCUT2D eigenvalue weighted by Crippen LogP contribution is 2.12. The van der Waals surface area contributed by atoms with Crippen LogP contribution >= 0.6 is 9.24 Å². The maximum atomic E-state index is 2.72. The van der Waals surface area contributed by atoms with Crippen molar-refractivity contribution in [2.75, 3.05) is 0 Å². The molecule has 0 nitrogen and oxygen atoms in total. The normalized spacial score (nSPS) is 12.0. The molecule has 1 unspecified atom stereocenters. The van der Waals surface area contributed by atoms with Crippen molar-refractivity contribution in [1.82, 2.24) is 0 Å². The van der Waals surface area contributed by atoms with Gasteiger partial charge in [-0.1, -0.05) is 48.5 Å². The van der Waals surface area contributed by atoms with Crippen molar-refractivity contribution in [2.45, 2.75) is 53.6 Å². The van der Waals surface area contributed by atoms with E-state index in [1.54, 1.807) is 0 Å². The molecule has 0 bridgehead atoms. The SMILES string of the molecule is CC(C)(C)C.CC(C)(C)P. The van der Waals surface area contributed by atoms with Gasteiger partial charge in [-0.25, -0.2) is 0 Å². The minimum absolute atomic E-state index is 0.417. The Hall–Kier alpha value is 0.430. The maximum Gasteiger partial charge on any atom is -0.0235 e. The minimum atomic E-state index is 0.417. The van der Waals surface area contributed by atoms with E-state index in [2.05, 4.69) is 57.7 Å². The van der Waals surface area contributed by atoms with Gasteiger partial charge >= 0.3 is 0 Å². The highest BCUT2D eigenvalue weighted by atomic mass is 31.0. The molecule has 0 heterocycles. The van der Waals surface area contributed by atoms with Gasteiger partial charge in [0, 0.05) is 0 Å². The molecule has 1 heteroatoms. The Balaban J connectivity index is 0. The molecule has 10 heavy (non-hydrogen) atoms. The van der Waals surface area contributed by atoms with Gasteiger partial charge in [0.1, 0.15) is 0 Å². The van der Waals surface area contributed by atoms with Crippen LogP contribution in [0.15, 0.2) is 0 Å².